The standard InChI is InChI=1S/C18H17NO/c20-18(14-13-17-10-5-2-6-11-17)19-15-7-12-16-8-3-1-4-9-16/h1-11,13-15H,12H2,(H,19,20)/b14-13+,15-7-. The lowest BCUT2D eigenvalue weighted by Crippen LogP contribution is -2.13. The van der Waals surface area contributed by atoms with Crippen LogP contribution in [0.4, 0.5) is 0 Å². The Balaban J connectivity index is 1.76. The van der Waals surface area contributed by atoms with Crippen LogP contribution in [0.15, 0.2) is 79.0 Å². The third-order valence-corrected chi connectivity index (χ3v) is 2.77. The molecule has 1 amide bonds. The van der Waals surface area contributed by atoms with E-state index in [4.69, 9.17) is 0 Å². The number of nitrogens with one attached hydrogen (secondary N) is 1. The molecule has 1 N–H and O–H groups in total. The SMILES string of the molecule is O=C(/C=C/c1ccccc1)N/C=C\Cc1ccccc1. The van der Waals surface area contributed by atoms with Crippen LogP contribution < -0.4 is 5.32 Å². The number of amides is 1. The van der Waals surface area contributed by atoms with E-state index >= 15 is 0 Å². The molecule has 0 aliphatic rings. The summed E-state index contributed by atoms with van der Waals surface area (Å²) in [5.74, 6) is -0.127. The Bertz CT molecular complexity index is 585. The number of carbonyl (C=O) groups is 1. The van der Waals surface area contributed by atoms with E-state index < -0.39 is 0 Å². The Kier molecular flexibility index (Phi) is 5.35. The van der Waals surface area contributed by atoms with Crippen molar-refractivity contribution < 1.29 is 4.79 Å². The average Bonchev–Trinajstić information content (AvgIpc) is 2.52. The van der Waals surface area contributed by atoms with Gasteiger partial charge in [-0.25, -0.2) is 0 Å². The van der Waals surface area contributed by atoms with Gasteiger partial charge in [0, 0.05) is 12.3 Å². The van der Waals surface area contributed by atoms with Gasteiger partial charge in [0.1, 0.15) is 0 Å². The van der Waals surface area contributed by atoms with E-state index in [2.05, 4.69) is 17.4 Å². The van der Waals surface area contributed by atoms with E-state index in [9.17, 15) is 4.79 Å². The number of rotatable bonds is 5. The lowest BCUT2D eigenvalue weighted by atomic mass is 10.1. The van der Waals surface area contributed by atoms with Gasteiger partial charge in [-0.3, -0.25) is 4.79 Å². The summed E-state index contributed by atoms with van der Waals surface area (Å²) in [7, 11) is 0. The number of hydrogen-bond donors (Lipinski definition) is 1. The normalized spacial score (nSPS) is 11.0. The van der Waals surface area contributed by atoms with Gasteiger partial charge >= 0.3 is 0 Å². The largest absolute Gasteiger partial charge is 0.329 e. The first-order chi connectivity index (χ1) is 9.84. The highest BCUT2D eigenvalue weighted by molar-refractivity contribution is 5.92. The number of allylic oxidation sites excluding steroid dienone is 1. The van der Waals surface area contributed by atoms with Crippen molar-refractivity contribution in [2.45, 2.75) is 6.42 Å². The van der Waals surface area contributed by atoms with E-state index in [-0.39, 0.29) is 5.91 Å². The molecule has 2 aromatic carbocycles. The van der Waals surface area contributed by atoms with Crippen molar-refractivity contribution in [2.75, 3.05) is 0 Å². The maximum Gasteiger partial charge on any atom is 0.247 e. The van der Waals surface area contributed by atoms with Crippen LogP contribution in [0, 0.1) is 0 Å². The zero-order valence-electron chi connectivity index (χ0n) is 11.2. The summed E-state index contributed by atoms with van der Waals surface area (Å²) >= 11 is 0. The van der Waals surface area contributed by atoms with Crippen LogP contribution in [0.2, 0.25) is 0 Å². The maximum absolute atomic E-state index is 11.6. The van der Waals surface area contributed by atoms with Crippen LogP contribution in [0.3, 0.4) is 0 Å². The lowest BCUT2D eigenvalue weighted by molar-refractivity contribution is -0.115. The minimum Gasteiger partial charge on any atom is -0.329 e. The molecule has 20 heavy (non-hydrogen) atoms. The first-order valence-electron chi connectivity index (χ1n) is 6.57. The molecule has 0 bridgehead atoms. The summed E-state index contributed by atoms with van der Waals surface area (Å²) < 4.78 is 0. The predicted molar refractivity (Wildman–Crippen MR) is 82.9 cm³/mol. The third kappa shape index (κ3) is 4.94. The Morgan fingerprint density at radius 3 is 2.30 bits per heavy atom. The molecule has 2 aromatic rings. The summed E-state index contributed by atoms with van der Waals surface area (Å²) in [6.07, 6.45) is 7.75. The van der Waals surface area contributed by atoms with Crippen molar-refractivity contribution in [3.63, 3.8) is 0 Å². The molecule has 0 atom stereocenters. The summed E-state index contributed by atoms with van der Waals surface area (Å²) in [6, 6.07) is 19.9. The van der Waals surface area contributed by atoms with Gasteiger partial charge in [-0.1, -0.05) is 66.7 Å². The van der Waals surface area contributed by atoms with Gasteiger partial charge in [0.05, 0.1) is 0 Å². The first-order valence-corrected chi connectivity index (χ1v) is 6.57. The molecule has 0 fully saturated rings. The zero-order valence-corrected chi connectivity index (χ0v) is 11.2. The zero-order chi connectivity index (χ0) is 14.0. The minimum absolute atomic E-state index is 0.127. The topological polar surface area (TPSA) is 29.1 Å². The monoisotopic (exact) mass is 263 g/mol. The Morgan fingerprint density at radius 1 is 0.950 bits per heavy atom. The Morgan fingerprint density at radius 2 is 1.60 bits per heavy atom. The van der Waals surface area contributed by atoms with Crippen molar-refractivity contribution >= 4 is 12.0 Å². The van der Waals surface area contributed by atoms with Crippen molar-refractivity contribution in [3.8, 4) is 0 Å². The molecular formula is C18H17NO. The van der Waals surface area contributed by atoms with Gasteiger partial charge in [-0.2, -0.15) is 0 Å². The highest BCUT2D eigenvalue weighted by Gasteiger charge is 1.91. The van der Waals surface area contributed by atoms with Crippen molar-refractivity contribution in [3.05, 3.63) is 90.1 Å². The average molecular weight is 263 g/mol. The Hall–Kier alpha value is -2.61. The smallest absolute Gasteiger partial charge is 0.247 e. The lowest BCUT2D eigenvalue weighted by Gasteiger charge is -1.96. The second-order valence-corrected chi connectivity index (χ2v) is 4.34. The van der Waals surface area contributed by atoms with Gasteiger partial charge < -0.3 is 5.32 Å². The molecule has 2 nitrogen and oxygen atoms in total. The van der Waals surface area contributed by atoms with Crippen LogP contribution in [-0.2, 0) is 11.2 Å². The molecule has 100 valence electrons. The van der Waals surface area contributed by atoms with Crippen molar-refractivity contribution in [2.24, 2.45) is 0 Å². The molecule has 0 aliphatic carbocycles. The van der Waals surface area contributed by atoms with Crippen LogP contribution >= 0.6 is 0 Å². The maximum atomic E-state index is 11.6. The molecule has 2 heteroatoms. The number of hydrogen-bond acceptors (Lipinski definition) is 1. The number of carbonyl (C=O) groups excluding carboxylic acids is 1. The van der Waals surface area contributed by atoms with Crippen molar-refractivity contribution in [1.29, 1.82) is 0 Å². The van der Waals surface area contributed by atoms with Gasteiger partial charge in [-0.05, 0) is 23.6 Å². The fraction of sp³-hybridized carbons (Fsp3) is 0.0556. The first kappa shape index (κ1) is 13.8. The van der Waals surface area contributed by atoms with E-state index in [0.717, 1.165) is 12.0 Å². The summed E-state index contributed by atoms with van der Waals surface area (Å²) in [5.41, 5.74) is 2.23. The summed E-state index contributed by atoms with van der Waals surface area (Å²) in [6.45, 7) is 0. The van der Waals surface area contributed by atoms with Crippen LogP contribution in [-0.4, -0.2) is 5.91 Å². The van der Waals surface area contributed by atoms with Crippen LogP contribution in [0.5, 0.6) is 0 Å². The number of benzene rings is 2. The van der Waals surface area contributed by atoms with Gasteiger partial charge in [0.15, 0.2) is 0 Å². The highest BCUT2D eigenvalue weighted by atomic mass is 16.1. The molecule has 0 radical (unpaired) electrons. The van der Waals surface area contributed by atoms with E-state index in [1.807, 2.05) is 54.6 Å². The molecule has 0 spiro atoms. The van der Waals surface area contributed by atoms with Crippen LogP contribution in [0.1, 0.15) is 11.1 Å². The predicted octanol–water partition coefficient (Wildman–Crippen LogP) is 3.57. The Labute approximate surface area is 119 Å². The molecule has 0 aliphatic heterocycles. The van der Waals surface area contributed by atoms with E-state index in [1.54, 1.807) is 12.3 Å². The molecule has 0 unspecified atom stereocenters. The molecular weight excluding hydrogens is 246 g/mol. The van der Waals surface area contributed by atoms with Crippen LogP contribution in [0.25, 0.3) is 6.08 Å². The molecule has 0 heterocycles. The fourth-order valence-electron chi connectivity index (χ4n) is 1.73. The van der Waals surface area contributed by atoms with Crippen molar-refractivity contribution in [1.82, 2.24) is 5.32 Å². The second-order valence-electron chi connectivity index (χ2n) is 4.34. The third-order valence-electron chi connectivity index (χ3n) is 2.77. The summed E-state index contributed by atoms with van der Waals surface area (Å²) in [5, 5.41) is 2.72. The highest BCUT2D eigenvalue weighted by Crippen LogP contribution is 2.01. The second kappa shape index (κ2) is 7.74. The molecule has 0 saturated heterocycles. The fourth-order valence-corrected chi connectivity index (χ4v) is 1.73. The molecule has 0 saturated carbocycles. The van der Waals surface area contributed by atoms with Gasteiger partial charge in [0.25, 0.3) is 0 Å². The molecule has 0 aromatic heterocycles. The summed E-state index contributed by atoms with van der Waals surface area (Å²) in [4.78, 5) is 11.6. The van der Waals surface area contributed by atoms with E-state index in [1.165, 1.54) is 11.6 Å². The van der Waals surface area contributed by atoms with Gasteiger partial charge in [0.2, 0.25) is 5.91 Å². The van der Waals surface area contributed by atoms with E-state index in [0.29, 0.717) is 0 Å². The molecule has 2 rings (SSSR count). The quantitative estimate of drug-likeness (QED) is 0.821. The minimum atomic E-state index is -0.127. The van der Waals surface area contributed by atoms with Gasteiger partial charge in [-0.15, -0.1) is 0 Å².